The van der Waals surface area contributed by atoms with Crippen molar-refractivity contribution in [3.63, 3.8) is 0 Å². The number of aliphatic carboxylic acids is 3. The Kier molecular flexibility index (Phi) is 29.8. The Hall–Kier alpha value is 1.02. The zero-order valence-electron chi connectivity index (χ0n) is 23.5. The van der Waals surface area contributed by atoms with E-state index in [9.17, 15) is 47.8 Å². The summed E-state index contributed by atoms with van der Waals surface area (Å²) in [6.07, 6.45) is 14.0. The van der Waals surface area contributed by atoms with Gasteiger partial charge in [-0.3, -0.25) is 4.55 Å². The average molecular weight is 589 g/mol. The average Bonchev–Trinajstić information content (AvgIpc) is 2.74. The Bertz CT molecular complexity index is 807. The molecule has 0 fully saturated rings. The normalized spacial score (nSPS) is 14.3. The molecule has 0 spiro atoms. The van der Waals surface area contributed by atoms with Gasteiger partial charge in [0.15, 0.2) is 4.75 Å². The second-order valence-corrected chi connectivity index (χ2v) is 10.6. The van der Waals surface area contributed by atoms with Gasteiger partial charge in [-0.2, -0.15) is 8.42 Å². The van der Waals surface area contributed by atoms with Gasteiger partial charge in [0.25, 0.3) is 10.1 Å². The first-order chi connectivity index (χ1) is 16.4. The van der Waals surface area contributed by atoms with E-state index in [0.717, 1.165) is 32.1 Å². The van der Waals surface area contributed by atoms with Crippen molar-refractivity contribution in [2.75, 3.05) is 0 Å². The van der Waals surface area contributed by atoms with Gasteiger partial charge in [0, 0.05) is 12.4 Å². The summed E-state index contributed by atoms with van der Waals surface area (Å²) in [5.41, 5.74) is -3.99. The minimum absolute atomic E-state index is 0. The first-order valence-corrected chi connectivity index (χ1v) is 13.8. The molecule has 0 saturated carbocycles. The minimum Gasteiger partial charge on any atom is -0.550 e. The van der Waals surface area contributed by atoms with E-state index in [4.69, 9.17) is 0 Å². The smallest absolute Gasteiger partial charge is 0.550 e. The van der Waals surface area contributed by atoms with Crippen LogP contribution in [0, 0.1) is 0 Å². The number of carboxylic acid groups (broad SMARTS) is 3. The Morgan fingerprint density at radius 3 is 1.45 bits per heavy atom. The molecule has 0 aliphatic carbocycles. The summed E-state index contributed by atoms with van der Waals surface area (Å²) in [7, 11) is -5.83. The molecule has 0 amide bonds. The third-order valence-electron chi connectivity index (χ3n) is 6.22. The van der Waals surface area contributed by atoms with Crippen molar-refractivity contribution in [3.8, 4) is 0 Å². The number of allylic oxidation sites excluding steroid dienone is 2. The van der Waals surface area contributed by atoms with Crippen molar-refractivity contribution in [1.29, 1.82) is 0 Å². The van der Waals surface area contributed by atoms with Crippen molar-refractivity contribution in [1.82, 2.24) is 0 Å². The quantitative estimate of drug-likeness (QED) is 0.0531. The van der Waals surface area contributed by atoms with Crippen LogP contribution < -0.4 is 104 Å². The molecule has 2 N–H and O–H groups in total. The fourth-order valence-corrected chi connectivity index (χ4v) is 5.33. The number of carboxylic acids is 3. The number of hydrogen-bond acceptors (Lipinski definition) is 9. The van der Waals surface area contributed by atoms with Crippen molar-refractivity contribution < 1.29 is 136 Å². The number of hydrogen-bond donors (Lipinski definition) is 2. The Morgan fingerprint density at radius 2 is 1.11 bits per heavy atom. The first-order valence-electron chi connectivity index (χ1n) is 12.3. The molecular formula is C24H39Na3O10S. The van der Waals surface area contributed by atoms with Gasteiger partial charge in [-0.1, -0.05) is 83.3 Å². The van der Waals surface area contributed by atoms with Gasteiger partial charge in [0.1, 0.15) is 5.60 Å². The van der Waals surface area contributed by atoms with Crippen LogP contribution in [-0.2, 0) is 24.5 Å². The van der Waals surface area contributed by atoms with Crippen LogP contribution in [0.4, 0.5) is 0 Å². The van der Waals surface area contributed by atoms with Crippen LogP contribution >= 0.6 is 0 Å². The summed E-state index contributed by atoms with van der Waals surface area (Å²) < 4.78 is 29.4. The summed E-state index contributed by atoms with van der Waals surface area (Å²) in [6.45, 7) is 2.19. The van der Waals surface area contributed by atoms with Crippen LogP contribution in [0.3, 0.4) is 0 Å². The molecule has 204 valence electrons. The summed E-state index contributed by atoms with van der Waals surface area (Å²) in [6, 6.07) is 0. The van der Waals surface area contributed by atoms with E-state index < -0.39 is 51.2 Å². The molecule has 0 aromatic heterocycles. The molecule has 2 atom stereocenters. The Morgan fingerprint density at radius 1 is 0.711 bits per heavy atom. The Balaban J connectivity index is -0.00000193. The third-order valence-corrected chi connectivity index (χ3v) is 7.81. The van der Waals surface area contributed by atoms with Crippen LogP contribution in [0.5, 0.6) is 0 Å². The second-order valence-electron chi connectivity index (χ2n) is 8.97. The summed E-state index contributed by atoms with van der Waals surface area (Å²) >= 11 is 0. The van der Waals surface area contributed by atoms with Gasteiger partial charge >= 0.3 is 88.7 Å². The molecule has 14 heteroatoms. The third kappa shape index (κ3) is 15.9. The van der Waals surface area contributed by atoms with Crippen molar-refractivity contribution in [2.45, 2.75) is 120 Å². The van der Waals surface area contributed by atoms with E-state index in [1.807, 2.05) is 0 Å². The van der Waals surface area contributed by atoms with Gasteiger partial charge in [-0.25, -0.2) is 0 Å². The van der Waals surface area contributed by atoms with Gasteiger partial charge < -0.3 is 34.8 Å². The molecule has 0 aliphatic heterocycles. The van der Waals surface area contributed by atoms with E-state index in [-0.39, 0.29) is 102 Å². The molecule has 0 bridgehead atoms. The van der Waals surface area contributed by atoms with E-state index >= 15 is 0 Å². The predicted octanol–water partition coefficient (Wildman–Crippen LogP) is -8.58. The van der Waals surface area contributed by atoms with Gasteiger partial charge in [0.2, 0.25) is 0 Å². The van der Waals surface area contributed by atoms with E-state index in [0.29, 0.717) is 6.42 Å². The molecule has 0 aliphatic rings. The largest absolute Gasteiger partial charge is 1.00 e. The number of rotatable bonds is 22. The topological polar surface area (TPSA) is 195 Å². The zero-order chi connectivity index (χ0) is 27.0. The molecule has 0 heterocycles. The van der Waals surface area contributed by atoms with Crippen LogP contribution in [0.2, 0.25) is 0 Å². The Labute approximate surface area is 293 Å². The first kappa shape index (κ1) is 46.0. The predicted molar refractivity (Wildman–Crippen MR) is 123 cm³/mol. The molecule has 0 aromatic rings. The standard InChI is InChI=1S/C24H42O10S.3Na/c1-2-3-4-5-6-7-8-9-10-11-12-13-14-15-16-17-18-24(22(29)30,35(32,33)34)23(31,21(27)28)19-20(25)26;;;/h9-10,31H,2-8,11-19H2,1H3,(H,25,26)(H,27,28)(H,29,30)(H,32,33,34);;;/q;3*+1/p-3/b10-9-;;;. The van der Waals surface area contributed by atoms with Crippen molar-refractivity contribution >= 4 is 28.0 Å². The van der Waals surface area contributed by atoms with Crippen molar-refractivity contribution in [3.05, 3.63) is 12.2 Å². The maximum atomic E-state index is 11.9. The van der Waals surface area contributed by atoms with E-state index in [1.54, 1.807) is 0 Å². The molecular weight excluding hydrogens is 549 g/mol. The fourth-order valence-electron chi connectivity index (χ4n) is 4.14. The molecule has 0 rings (SSSR count). The minimum atomic E-state index is -5.83. The maximum Gasteiger partial charge on any atom is 1.00 e. The van der Waals surface area contributed by atoms with Crippen LogP contribution in [0.15, 0.2) is 12.2 Å². The van der Waals surface area contributed by atoms with Crippen LogP contribution in [0.1, 0.15) is 110 Å². The SMILES string of the molecule is CCCCCCCC/C=C\CCCCCCCCC(C(=O)[O-])(C(O)(CC(=O)[O-])C(=O)[O-])S(=O)(=O)O.[Na+].[Na+].[Na+]. The molecule has 0 radical (unpaired) electrons. The number of unbranched alkanes of at least 4 members (excludes halogenated alkanes) is 12. The van der Waals surface area contributed by atoms with E-state index in [1.165, 1.54) is 38.5 Å². The maximum absolute atomic E-state index is 11.9. The molecule has 2 unspecified atom stereocenters. The number of carbonyl (C=O) groups excluding carboxylic acids is 3. The molecule has 10 nitrogen and oxygen atoms in total. The summed E-state index contributed by atoms with van der Waals surface area (Å²) in [4.78, 5) is 34.0. The number of carbonyl (C=O) groups is 3. The van der Waals surface area contributed by atoms with Gasteiger partial charge in [-0.15, -0.1) is 0 Å². The van der Waals surface area contributed by atoms with Gasteiger partial charge in [-0.05, 0) is 32.1 Å². The van der Waals surface area contributed by atoms with Crippen LogP contribution in [-0.4, -0.2) is 46.3 Å². The number of aliphatic hydroxyl groups is 1. The molecule has 0 saturated heterocycles. The summed E-state index contributed by atoms with van der Waals surface area (Å²) in [5.74, 6) is -7.57. The zero-order valence-corrected chi connectivity index (χ0v) is 30.4. The second kappa shape index (κ2) is 24.6. The van der Waals surface area contributed by atoms with Crippen molar-refractivity contribution in [2.24, 2.45) is 0 Å². The fraction of sp³-hybridized carbons (Fsp3) is 0.792. The van der Waals surface area contributed by atoms with Gasteiger partial charge in [0.05, 0.1) is 11.9 Å². The molecule has 0 aromatic carbocycles. The van der Waals surface area contributed by atoms with E-state index in [2.05, 4.69) is 19.1 Å². The monoisotopic (exact) mass is 588 g/mol. The molecule has 38 heavy (non-hydrogen) atoms. The summed E-state index contributed by atoms with van der Waals surface area (Å²) in [5, 5.41) is 44.2. The van der Waals surface area contributed by atoms with Crippen LogP contribution in [0.25, 0.3) is 0 Å².